The molecule has 0 radical (unpaired) electrons. The number of ether oxygens (including phenoxy) is 2. The molecule has 0 spiro atoms. The van der Waals surface area contributed by atoms with Gasteiger partial charge in [-0.2, -0.15) is 4.98 Å². The van der Waals surface area contributed by atoms with E-state index in [2.05, 4.69) is 50.3 Å². The maximum Gasteiger partial charge on any atom is 0.322 e. The molecule has 4 rings (SSSR count). The molecule has 3 aromatic rings. The van der Waals surface area contributed by atoms with Crippen molar-refractivity contribution in [2.75, 3.05) is 20.8 Å². The molecule has 184 valence electrons. The number of nitrogens with one attached hydrogen (secondary N) is 1. The van der Waals surface area contributed by atoms with Gasteiger partial charge in [-0.05, 0) is 61.6 Å². The minimum Gasteiger partial charge on any atom is -0.493 e. The van der Waals surface area contributed by atoms with E-state index in [0.29, 0.717) is 35.7 Å². The van der Waals surface area contributed by atoms with E-state index >= 15 is 0 Å². The lowest BCUT2D eigenvalue weighted by Crippen LogP contribution is -2.47. The van der Waals surface area contributed by atoms with E-state index in [4.69, 9.17) is 19.0 Å². The average molecular weight is 477 g/mol. The van der Waals surface area contributed by atoms with Crippen molar-refractivity contribution in [1.82, 2.24) is 20.4 Å². The largest absolute Gasteiger partial charge is 0.493 e. The minimum atomic E-state index is -0.413. The number of aromatic nitrogens is 2. The number of carbonyl (C=O) groups is 1. The fourth-order valence-electron chi connectivity index (χ4n) is 4.26. The Balaban J connectivity index is 1.82. The van der Waals surface area contributed by atoms with Crippen molar-refractivity contribution in [1.29, 1.82) is 0 Å². The van der Waals surface area contributed by atoms with E-state index in [9.17, 15) is 4.79 Å². The summed E-state index contributed by atoms with van der Waals surface area (Å²) in [5, 5.41) is 7.40. The number of amides is 2. The van der Waals surface area contributed by atoms with E-state index in [0.717, 1.165) is 28.0 Å². The number of urea groups is 1. The Bertz CT molecular complexity index is 1280. The number of rotatable bonds is 7. The van der Waals surface area contributed by atoms with Crippen LogP contribution in [0.15, 0.2) is 46.6 Å². The first-order valence-electron chi connectivity index (χ1n) is 11.7. The van der Waals surface area contributed by atoms with Gasteiger partial charge in [0.1, 0.15) is 0 Å². The highest BCUT2D eigenvalue weighted by Crippen LogP contribution is 2.38. The number of methoxy groups -OCH3 is 2. The zero-order valence-electron chi connectivity index (χ0n) is 21.3. The van der Waals surface area contributed by atoms with Gasteiger partial charge >= 0.3 is 6.03 Å². The van der Waals surface area contributed by atoms with Gasteiger partial charge in [0.05, 0.1) is 25.8 Å². The maximum atomic E-state index is 13.1. The fourth-order valence-corrected chi connectivity index (χ4v) is 4.26. The molecule has 35 heavy (non-hydrogen) atoms. The van der Waals surface area contributed by atoms with Crippen molar-refractivity contribution in [3.8, 4) is 22.9 Å². The number of hydrogen-bond donors (Lipinski definition) is 1. The molecule has 2 heterocycles. The van der Waals surface area contributed by atoms with Crippen molar-refractivity contribution in [3.63, 3.8) is 0 Å². The van der Waals surface area contributed by atoms with Crippen molar-refractivity contribution < 1.29 is 18.8 Å². The van der Waals surface area contributed by atoms with Crippen LogP contribution in [0.5, 0.6) is 11.5 Å². The molecule has 2 aromatic carbocycles. The van der Waals surface area contributed by atoms with Crippen LogP contribution < -0.4 is 14.8 Å². The summed E-state index contributed by atoms with van der Waals surface area (Å²) in [5.41, 5.74) is 5.62. The Morgan fingerprint density at radius 1 is 1.03 bits per heavy atom. The average Bonchev–Trinajstić information content (AvgIpc) is 3.32. The van der Waals surface area contributed by atoms with Gasteiger partial charge < -0.3 is 19.3 Å². The van der Waals surface area contributed by atoms with Crippen LogP contribution in [0, 0.1) is 19.8 Å². The summed E-state index contributed by atoms with van der Waals surface area (Å²) in [5.74, 6) is 2.28. The highest BCUT2D eigenvalue weighted by atomic mass is 16.5. The number of benzene rings is 2. The number of nitrogens with zero attached hydrogens (tertiary/aromatic N) is 3. The van der Waals surface area contributed by atoms with E-state index in [1.165, 1.54) is 5.56 Å². The number of allylic oxidation sites excluding steroid dienone is 1. The van der Waals surface area contributed by atoms with Crippen LogP contribution in [0.2, 0.25) is 0 Å². The molecule has 1 N–H and O–H groups in total. The SMILES string of the molecule is COc1ccc(-c2noc(C3=C(C)N(CC(C)C)C(=O)NC3c3ccc(C)c(C)c3)n2)cc1OC. The quantitative estimate of drug-likeness (QED) is 0.483. The molecule has 0 bridgehead atoms. The second-order valence-electron chi connectivity index (χ2n) is 9.22. The Hall–Kier alpha value is -3.81. The molecule has 0 saturated heterocycles. The van der Waals surface area contributed by atoms with Crippen LogP contribution >= 0.6 is 0 Å². The van der Waals surface area contributed by atoms with Gasteiger partial charge in [0.15, 0.2) is 11.5 Å². The lowest BCUT2D eigenvalue weighted by molar-refractivity contribution is 0.199. The molecule has 1 aromatic heterocycles. The Labute approximate surface area is 205 Å². The monoisotopic (exact) mass is 476 g/mol. The van der Waals surface area contributed by atoms with Crippen LogP contribution in [0.1, 0.15) is 49.4 Å². The van der Waals surface area contributed by atoms with Gasteiger partial charge in [-0.3, -0.25) is 4.90 Å². The van der Waals surface area contributed by atoms with Crippen LogP contribution in [0.25, 0.3) is 17.0 Å². The number of hydrogen-bond acceptors (Lipinski definition) is 6. The predicted octanol–water partition coefficient (Wildman–Crippen LogP) is 5.52. The lowest BCUT2D eigenvalue weighted by Gasteiger charge is -2.36. The molecular weight excluding hydrogens is 444 g/mol. The summed E-state index contributed by atoms with van der Waals surface area (Å²) >= 11 is 0. The second kappa shape index (κ2) is 9.82. The molecule has 1 unspecified atom stereocenters. The zero-order valence-corrected chi connectivity index (χ0v) is 21.3. The highest BCUT2D eigenvalue weighted by Gasteiger charge is 2.36. The summed E-state index contributed by atoms with van der Waals surface area (Å²) in [7, 11) is 3.17. The second-order valence-corrected chi connectivity index (χ2v) is 9.22. The number of aryl methyl sites for hydroxylation is 2. The van der Waals surface area contributed by atoms with Crippen molar-refractivity contribution >= 4 is 11.6 Å². The summed E-state index contributed by atoms with van der Waals surface area (Å²) in [6.07, 6.45) is 0. The van der Waals surface area contributed by atoms with Gasteiger partial charge in [0, 0.05) is 17.8 Å². The van der Waals surface area contributed by atoms with E-state index in [-0.39, 0.29) is 6.03 Å². The Morgan fingerprint density at radius 3 is 2.43 bits per heavy atom. The van der Waals surface area contributed by atoms with Crippen molar-refractivity contribution in [2.24, 2.45) is 5.92 Å². The maximum absolute atomic E-state index is 13.1. The lowest BCUT2D eigenvalue weighted by atomic mass is 9.92. The van der Waals surface area contributed by atoms with Crippen LogP contribution in [-0.2, 0) is 0 Å². The van der Waals surface area contributed by atoms with E-state index in [1.54, 1.807) is 25.2 Å². The van der Waals surface area contributed by atoms with Crippen LogP contribution in [0.3, 0.4) is 0 Å². The molecule has 8 heteroatoms. The molecular formula is C27H32N4O4. The van der Waals surface area contributed by atoms with Crippen LogP contribution in [-0.4, -0.2) is 41.8 Å². The summed E-state index contributed by atoms with van der Waals surface area (Å²) < 4.78 is 16.5. The molecule has 0 saturated carbocycles. The van der Waals surface area contributed by atoms with Crippen molar-refractivity contribution in [3.05, 3.63) is 64.7 Å². The summed E-state index contributed by atoms with van der Waals surface area (Å²) in [6.45, 7) is 10.8. The molecule has 1 aliphatic heterocycles. The van der Waals surface area contributed by atoms with Gasteiger partial charge in [-0.1, -0.05) is 37.2 Å². The van der Waals surface area contributed by atoms with Crippen LogP contribution in [0.4, 0.5) is 4.79 Å². The molecule has 1 atom stereocenters. The normalized spacial score (nSPS) is 16.1. The third-order valence-corrected chi connectivity index (χ3v) is 6.31. The third kappa shape index (κ3) is 4.73. The zero-order chi connectivity index (χ0) is 25.3. The smallest absolute Gasteiger partial charge is 0.322 e. The van der Waals surface area contributed by atoms with E-state index in [1.807, 2.05) is 25.1 Å². The van der Waals surface area contributed by atoms with Gasteiger partial charge in [-0.15, -0.1) is 0 Å². The first kappa shape index (κ1) is 24.3. The first-order chi connectivity index (χ1) is 16.7. The van der Waals surface area contributed by atoms with Crippen molar-refractivity contribution in [2.45, 2.75) is 40.7 Å². The predicted molar refractivity (Wildman–Crippen MR) is 134 cm³/mol. The Morgan fingerprint density at radius 2 is 1.77 bits per heavy atom. The van der Waals surface area contributed by atoms with Gasteiger partial charge in [0.25, 0.3) is 5.89 Å². The summed E-state index contributed by atoms with van der Waals surface area (Å²) in [4.78, 5) is 19.6. The van der Waals surface area contributed by atoms with E-state index < -0.39 is 6.04 Å². The topological polar surface area (TPSA) is 89.7 Å². The molecule has 0 fully saturated rings. The molecule has 1 aliphatic rings. The molecule has 8 nitrogen and oxygen atoms in total. The van der Waals surface area contributed by atoms with Gasteiger partial charge in [0.2, 0.25) is 5.82 Å². The fraction of sp³-hybridized carbons (Fsp3) is 0.370. The molecule has 0 aliphatic carbocycles. The molecule has 2 amide bonds. The minimum absolute atomic E-state index is 0.136. The third-order valence-electron chi connectivity index (χ3n) is 6.31. The standard InChI is InChI=1S/C27H32N4O4/c1-15(2)14-31-18(5)23(24(28-27(31)32)19-9-8-16(3)17(4)12-19)26-29-25(30-35-26)20-10-11-21(33-6)22(13-20)34-7/h8-13,15,24H,14H2,1-7H3,(H,28,32). The Kier molecular flexibility index (Phi) is 6.82. The number of carbonyl (C=O) groups excluding carboxylic acids is 1. The first-order valence-corrected chi connectivity index (χ1v) is 11.7. The summed E-state index contributed by atoms with van der Waals surface area (Å²) in [6, 6.07) is 11.1. The van der Waals surface area contributed by atoms with Gasteiger partial charge in [-0.25, -0.2) is 4.79 Å². The highest BCUT2D eigenvalue weighted by molar-refractivity contribution is 5.87.